The van der Waals surface area contributed by atoms with E-state index in [0.29, 0.717) is 17.5 Å². The van der Waals surface area contributed by atoms with E-state index in [1.54, 1.807) is 0 Å². The molecule has 5 heteroatoms. The van der Waals surface area contributed by atoms with Crippen LogP contribution in [-0.2, 0) is 6.42 Å². The zero-order valence-electron chi connectivity index (χ0n) is 24.1. The van der Waals surface area contributed by atoms with E-state index in [1.807, 2.05) is 0 Å². The average Bonchev–Trinajstić information content (AvgIpc) is 2.97. The molecule has 0 aliphatic carbocycles. The van der Waals surface area contributed by atoms with Gasteiger partial charge in [-0.15, -0.1) is 0 Å². The van der Waals surface area contributed by atoms with Gasteiger partial charge in [-0.05, 0) is 67.6 Å². The number of hydrogen-bond donors (Lipinski definition) is 0. The van der Waals surface area contributed by atoms with Crippen LogP contribution in [0.3, 0.4) is 0 Å². The fraction of sp³-hybridized carbons (Fsp3) is 0.400. The zero-order chi connectivity index (χ0) is 28.3. The van der Waals surface area contributed by atoms with Crippen LogP contribution in [0.1, 0.15) is 87.8 Å². The van der Waals surface area contributed by atoms with Gasteiger partial charge in [0.15, 0.2) is 17.5 Å². The molecule has 0 saturated heterocycles. The van der Waals surface area contributed by atoms with Gasteiger partial charge >= 0.3 is 0 Å². The smallest absolute Gasteiger partial charge is 0.164 e. The first-order chi connectivity index (χ1) is 19.4. The molecule has 1 aromatic heterocycles. The summed E-state index contributed by atoms with van der Waals surface area (Å²) >= 11 is 7.22. The van der Waals surface area contributed by atoms with Crippen molar-refractivity contribution in [1.29, 1.82) is 0 Å². The highest BCUT2D eigenvalue weighted by Gasteiger charge is 2.14. The topological polar surface area (TPSA) is 38.7 Å². The van der Waals surface area contributed by atoms with Gasteiger partial charge in [-0.25, -0.2) is 15.0 Å². The molecule has 3 aromatic carbocycles. The van der Waals surface area contributed by atoms with Crippen molar-refractivity contribution in [2.45, 2.75) is 91.4 Å². The van der Waals surface area contributed by atoms with E-state index in [-0.39, 0.29) is 0 Å². The van der Waals surface area contributed by atoms with Crippen molar-refractivity contribution in [3.63, 3.8) is 0 Å². The normalized spacial score (nSPS) is 11.2. The van der Waals surface area contributed by atoms with Gasteiger partial charge in [0.25, 0.3) is 0 Å². The maximum atomic E-state index is 4.92. The summed E-state index contributed by atoms with van der Waals surface area (Å²) in [5, 5.41) is 0. The molecule has 3 nitrogen and oxygen atoms in total. The second kappa shape index (κ2) is 15.6. The Morgan fingerprint density at radius 1 is 0.500 bits per heavy atom. The third kappa shape index (κ3) is 8.81. The highest BCUT2D eigenvalue weighted by molar-refractivity contribution is 9.10. The molecule has 0 atom stereocenters. The van der Waals surface area contributed by atoms with Crippen molar-refractivity contribution in [3.8, 4) is 34.2 Å². The maximum absolute atomic E-state index is 4.92. The number of benzene rings is 3. The first-order valence-corrected chi connectivity index (χ1v) is 16.4. The van der Waals surface area contributed by atoms with Crippen molar-refractivity contribution in [1.82, 2.24) is 15.0 Å². The van der Waals surface area contributed by atoms with Gasteiger partial charge in [0.05, 0.1) is 0 Å². The average molecular weight is 664 g/mol. The highest BCUT2D eigenvalue weighted by Crippen LogP contribution is 2.29. The minimum absolute atomic E-state index is 0.686. The second-order valence-electron chi connectivity index (χ2n) is 10.9. The van der Waals surface area contributed by atoms with Gasteiger partial charge in [0, 0.05) is 25.6 Å². The molecule has 0 unspecified atom stereocenters. The fourth-order valence-electron chi connectivity index (χ4n) is 4.97. The first kappa shape index (κ1) is 30.6. The molecule has 0 aliphatic rings. The van der Waals surface area contributed by atoms with E-state index < -0.39 is 0 Å². The second-order valence-corrected chi connectivity index (χ2v) is 12.6. The Balaban J connectivity index is 1.45. The summed E-state index contributed by atoms with van der Waals surface area (Å²) in [7, 11) is 0. The molecule has 0 radical (unpaired) electrons. The number of nitrogens with zero attached hydrogens (tertiary/aromatic N) is 3. The van der Waals surface area contributed by atoms with Crippen molar-refractivity contribution in [2.75, 3.05) is 0 Å². The Bertz CT molecular complexity index is 1310. The molecule has 0 aliphatic heterocycles. The summed E-state index contributed by atoms with van der Waals surface area (Å²) in [6, 6.07) is 21.3. The van der Waals surface area contributed by atoms with Crippen molar-refractivity contribution < 1.29 is 0 Å². The monoisotopic (exact) mass is 661 g/mol. The molecular weight excluding hydrogens is 622 g/mol. The summed E-state index contributed by atoms with van der Waals surface area (Å²) in [5.74, 6) is 2.07. The van der Waals surface area contributed by atoms with Gasteiger partial charge in [0.2, 0.25) is 0 Å². The standard InChI is InChI=1S/C35H41Br2N3/c1-4-5-6-7-8-9-10-11-12-13-14-27-15-17-28(18-16-27)33-38-34(29-19-21-31(36)25(2)23-29)40-35(39-33)30-20-22-32(37)26(3)24-30/h15-24H,4-14H2,1-3H3. The van der Waals surface area contributed by atoms with Gasteiger partial charge in [-0.2, -0.15) is 0 Å². The predicted octanol–water partition coefficient (Wildman–Crippen LogP) is 11.5. The minimum Gasteiger partial charge on any atom is -0.208 e. The lowest BCUT2D eigenvalue weighted by Crippen LogP contribution is -2.01. The Labute approximate surface area is 257 Å². The zero-order valence-corrected chi connectivity index (χ0v) is 27.3. The van der Waals surface area contributed by atoms with Crippen LogP contribution in [0.4, 0.5) is 0 Å². The molecule has 0 spiro atoms. The number of rotatable bonds is 14. The summed E-state index contributed by atoms with van der Waals surface area (Å²) < 4.78 is 2.15. The van der Waals surface area contributed by atoms with Gasteiger partial charge in [-0.1, -0.05) is 133 Å². The lowest BCUT2D eigenvalue weighted by molar-refractivity contribution is 0.556. The van der Waals surface area contributed by atoms with Crippen molar-refractivity contribution in [3.05, 3.63) is 86.3 Å². The van der Waals surface area contributed by atoms with Crippen molar-refractivity contribution in [2.24, 2.45) is 0 Å². The summed E-state index contributed by atoms with van der Waals surface area (Å²) in [5.41, 5.74) is 6.66. The number of unbranched alkanes of at least 4 members (excludes halogenated alkanes) is 9. The van der Waals surface area contributed by atoms with E-state index in [1.165, 1.54) is 69.8 Å². The maximum Gasteiger partial charge on any atom is 0.164 e. The van der Waals surface area contributed by atoms with Gasteiger partial charge in [0.1, 0.15) is 0 Å². The molecule has 1 heterocycles. The molecule has 0 saturated carbocycles. The van der Waals surface area contributed by atoms with Crippen LogP contribution in [0.2, 0.25) is 0 Å². The molecule has 40 heavy (non-hydrogen) atoms. The van der Waals surface area contributed by atoms with Crippen LogP contribution >= 0.6 is 31.9 Å². The van der Waals surface area contributed by atoms with Crippen LogP contribution in [0.5, 0.6) is 0 Å². The molecular formula is C35H41Br2N3. The van der Waals surface area contributed by atoms with Crippen LogP contribution in [-0.4, -0.2) is 15.0 Å². The third-order valence-corrected chi connectivity index (χ3v) is 9.28. The van der Waals surface area contributed by atoms with Crippen molar-refractivity contribution >= 4 is 31.9 Å². The summed E-state index contributed by atoms with van der Waals surface area (Å²) in [6.07, 6.45) is 14.8. The molecule has 4 aromatic rings. The number of halogens is 2. The third-order valence-electron chi connectivity index (χ3n) is 7.50. The fourth-order valence-corrected chi connectivity index (χ4v) is 5.46. The summed E-state index contributed by atoms with van der Waals surface area (Å²) in [4.78, 5) is 14.7. The van der Waals surface area contributed by atoms with E-state index in [4.69, 9.17) is 15.0 Å². The number of aryl methyl sites for hydroxylation is 3. The quantitative estimate of drug-likeness (QED) is 0.126. The summed E-state index contributed by atoms with van der Waals surface area (Å²) in [6.45, 7) is 6.45. The molecule has 4 rings (SSSR count). The van der Waals surface area contributed by atoms with E-state index in [2.05, 4.69) is 113 Å². The Kier molecular flexibility index (Phi) is 11.9. The molecule has 0 N–H and O–H groups in total. The SMILES string of the molecule is CCCCCCCCCCCCc1ccc(-c2nc(-c3ccc(Br)c(C)c3)nc(-c3ccc(Br)c(C)c3)n2)cc1. The number of aromatic nitrogens is 3. The van der Waals surface area contributed by atoms with E-state index in [9.17, 15) is 0 Å². The highest BCUT2D eigenvalue weighted by atomic mass is 79.9. The van der Waals surface area contributed by atoms with Gasteiger partial charge in [-0.3, -0.25) is 0 Å². The Morgan fingerprint density at radius 3 is 1.35 bits per heavy atom. The first-order valence-electron chi connectivity index (χ1n) is 14.8. The lowest BCUT2D eigenvalue weighted by atomic mass is 10.0. The molecule has 0 fully saturated rings. The minimum atomic E-state index is 0.686. The van der Waals surface area contributed by atoms with E-state index >= 15 is 0 Å². The number of hydrogen-bond acceptors (Lipinski definition) is 3. The predicted molar refractivity (Wildman–Crippen MR) is 177 cm³/mol. The van der Waals surface area contributed by atoms with Crippen LogP contribution in [0.25, 0.3) is 34.2 Å². The Morgan fingerprint density at radius 2 is 0.900 bits per heavy atom. The molecule has 0 amide bonds. The van der Waals surface area contributed by atoms with Crippen LogP contribution < -0.4 is 0 Å². The molecule has 210 valence electrons. The lowest BCUT2D eigenvalue weighted by Gasteiger charge is -2.10. The van der Waals surface area contributed by atoms with E-state index in [0.717, 1.165) is 43.2 Å². The molecule has 0 bridgehead atoms. The van der Waals surface area contributed by atoms with Gasteiger partial charge < -0.3 is 0 Å². The Hall–Kier alpha value is -2.37. The van der Waals surface area contributed by atoms with Crippen LogP contribution in [0.15, 0.2) is 69.6 Å². The largest absolute Gasteiger partial charge is 0.208 e. The van der Waals surface area contributed by atoms with Crippen LogP contribution in [0, 0.1) is 13.8 Å².